The van der Waals surface area contributed by atoms with Crippen LogP contribution in [0, 0.1) is 5.92 Å². The number of ether oxygens (including phenoxy) is 1. The van der Waals surface area contributed by atoms with Gasteiger partial charge in [0.2, 0.25) is 5.91 Å². The van der Waals surface area contributed by atoms with Crippen LogP contribution in [-0.2, 0) is 19.1 Å². The Balaban J connectivity index is 2.09. The molecular formula is C24H28N2O4. The second-order valence-corrected chi connectivity index (χ2v) is 7.21. The summed E-state index contributed by atoms with van der Waals surface area (Å²) >= 11 is 0. The van der Waals surface area contributed by atoms with Gasteiger partial charge >= 0.3 is 5.97 Å². The quantitative estimate of drug-likeness (QED) is 0.483. The van der Waals surface area contributed by atoms with E-state index in [0.717, 1.165) is 5.56 Å². The minimum Gasteiger partial charge on any atom is -0.463 e. The van der Waals surface area contributed by atoms with Crippen molar-refractivity contribution in [2.75, 3.05) is 11.9 Å². The van der Waals surface area contributed by atoms with Crippen LogP contribution in [0.3, 0.4) is 0 Å². The third-order valence-electron chi connectivity index (χ3n) is 4.17. The molecule has 1 unspecified atom stereocenters. The summed E-state index contributed by atoms with van der Waals surface area (Å²) in [6.45, 7) is 5.98. The predicted octanol–water partition coefficient (Wildman–Crippen LogP) is 4.11. The topological polar surface area (TPSA) is 84.5 Å². The molecule has 30 heavy (non-hydrogen) atoms. The number of anilines is 1. The fourth-order valence-electron chi connectivity index (χ4n) is 2.78. The zero-order valence-electron chi connectivity index (χ0n) is 17.6. The molecule has 0 fully saturated rings. The van der Waals surface area contributed by atoms with Gasteiger partial charge in [-0.15, -0.1) is 0 Å². The number of carbonyl (C=O) groups is 3. The molecule has 0 aliphatic carbocycles. The van der Waals surface area contributed by atoms with E-state index in [-0.39, 0.29) is 17.7 Å². The van der Waals surface area contributed by atoms with Gasteiger partial charge in [-0.3, -0.25) is 9.59 Å². The smallest absolute Gasteiger partial charge is 0.330 e. The number of esters is 1. The molecule has 2 aromatic rings. The number of nitrogens with one attached hydrogen (secondary N) is 2. The van der Waals surface area contributed by atoms with E-state index in [1.807, 2.05) is 44.2 Å². The molecule has 0 aromatic heterocycles. The summed E-state index contributed by atoms with van der Waals surface area (Å²) in [7, 11) is 0. The van der Waals surface area contributed by atoms with Gasteiger partial charge in [-0.25, -0.2) is 4.79 Å². The molecule has 2 amide bonds. The largest absolute Gasteiger partial charge is 0.463 e. The van der Waals surface area contributed by atoms with Gasteiger partial charge in [0.25, 0.3) is 5.91 Å². The lowest BCUT2D eigenvalue weighted by molar-refractivity contribution is -0.137. The molecule has 158 valence electrons. The second kappa shape index (κ2) is 11.6. The Morgan fingerprint density at radius 3 is 2.27 bits per heavy atom. The Morgan fingerprint density at radius 2 is 1.67 bits per heavy atom. The molecule has 0 bridgehead atoms. The van der Waals surface area contributed by atoms with Crippen LogP contribution < -0.4 is 10.6 Å². The molecule has 0 saturated carbocycles. The summed E-state index contributed by atoms with van der Waals surface area (Å²) in [4.78, 5) is 36.6. The lowest BCUT2D eigenvalue weighted by atomic mass is 10.0. The first-order chi connectivity index (χ1) is 14.4. The van der Waals surface area contributed by atoms with Crippen molar-refractivity contribution >= 4 is 29.5 Å². The zero-order valence-corrected chi connectivity index (χ0v) is 17.6. The SMILES string of the molecule is CCOC(=O)/C=C/c1ccc(NC(=O)C(NC(=O)CC(C)C)c2ccccc2)cc1. The monoisotopic (exact) mass is 408 g/mol. The van der Waals surface area contributed by atoms with Crippen molar-refractivity contribution in [2.24, 2.45) is 5.92 Å². The zero-order chi connectivity index (χ0) is 21.9. The number of carbonyl (C=O) groups excluding carboxylic acids is 3. The second-order valence-electron chi connectivity index (χ2n) is 7.21. The molecule has 0 heterocycles. The summed E-state index contributed by atoms with van der Waals surface area (Å²) in [6, 6.07) is 15.4. The number of hydrogen-bond donors (Lipinski definition) is 2. The van der Waals surface area contributed by atoms with Gasteiger partial charge in [0.05, 0.1) is 6.61 Å². The van der Waals surface area contributed by atoms with Crippen molar-refractivity contribution in [3.05, 3.63) is 71.8 Å². The Labute approximate surface area is 177 Å². The summed E-state index contributed by atoms with van der Waals surface area (Å²) in [5, 5.41) is 5.67. The molecule has 6 nitrogen and oxygen atoms in total. The van der Waals surface area contributed by atoms with Gasteiger partial charge in [0.1, 0.15) is 6.04 Å². The molecule has 6 heteroatoms. The molecule has 0 radical (unpaired) electrons. The van der Waals surface area contributed by atoms with E-state index in [1.54, 1.807) is 37.3 Å². The van der Waals surface area contributed by atoms with E-state index in [9.17, 15) is 14.4 Å². The molecular weight excluding hydrogens is 380 g/mol. The first-order valence-electron chi connectivity index (χ1n) is 9.99. The minimum atomic E-state index is -0.791. The molecule has 1 atom stereocenters. The Morgan fingerprint density at radius 1 is 1.00 bits per heavy atom. The predicted molar refractivity (Wildman–Crippen MR) is 118 cm³/mol. The van der Waals surface area contributed by atoms with Crippen LogP contribution in [-0.4, -0.2) is 24.4 Å². The highest BCUT2D eigenvalue weighted by molar-refractivity contribution is 5.98. The van der Waals surface area contributed by atoms with E-state index in [1.165, 1.54) is 6.08 Å². The Kier molecular flexibility index (Phi) is 8.81. The maximum absolute atomic E-state index is 12.9. The van der Waals surface area contributed by atoms with Crippen LogP contribution in [0.1, 0.15) is 44.4 Å². The number of amides is 2. The normalized spacial score (nSPS) is 11.9. The van der Waals surface area contributed by atoms with Crippen LogP contribution >= 0.6 is 0 Å². The lowest BCUT2D eigenvalue weighted by Crippen LogP contribution is -2.37. The fraction of sp³-hybridized carbons (Fsp3) is 0.292. The van der Waals surface area contributed by atoms with E-state index in [4.69, 9.17) is 4.74 Å². The fourth-order valence-corrected chi connectivity index (χ4v) is 2.78. The summed E-state index contributed by atoms with van der Waals surface area (Å²) in [5.41, 5.74) is 2.10. The summed E-state index contributed by atoms with van der Waals surface area (Å²) in [5.74, 6) is -0.709. The van der Waals surface area contributed by atoms with Crippen molar-refractivity contribution in [1.82, 2.24) is 5.32 Å². The average molecular weight is 408 g/mol. The first-order valence-corrected chi connectivity index (χ1v) is 9.99. The molecule has 0 aliphatic rings. The van der Waals surface area contributed by atoms with Gasteiger partial charge in [-0.05, 0) is 42.2 Å². The van der Waals surface area contributed by atoms with Gasteiger partial charge in [-0.1, -0.05) is 56.3 Å². The van der Waals surface area contributed by atoms with Gasteiger partial charge in [0, 0.05) is 18.2 Å². The highest BCUT2D eigenvalue weighted by atomic mass is 16.5. The van der Waals surface area contributed by atoms with Crippen molar-refractivity contribution < 1.29 is 19.1 Å². The van der Waals surface area contributed by atoms with Crippen LogP contribution in [0.15, 0.2) is 60.7 Å². The van der Waals surface area contributed by atoms with E-state index < -0.39 is 12.0 Å². The summed E-state index contributed by atoms with van der Waals surface area (Å²) < 4.78 is 4.85. The number of rotatable bonds is 9. The summed E-state index contributed by atoms with van der Waals surface area (Å²) in [6.07, 6.45) is 3.34. The molecule has 2 aromatic carbocycles. The van der Waals surface area contributed by atoms with Crippen LogP contribution in [0.5, 0.6) is 0 Å². The molecule has 0 saturated heterocycles. The van der Waals surface area contributed by atoms with Crippen LogP contribution in [0.25, 0.3) is 6.08 Å². The third-order valence-corrected chi connectivity index (χ3v) is 4.17. The van der Waals surface area contributed by atoms with Crippen molar-refractivity contribution in [2.45, 2.75) is 33.2 Å². The van der Waals surface area contributed by atoms with Crippen LogP contribution in [0.4, 0.5) is 5.69 Å². The van der Waals surface area contributed by atoms with Crippen molar-refractivity contribution in [3.8, 4) is 0 Å². The van der Waals surface area contributed by atoms with Gasteiger partial charge in [-0.2, -0.15) is 0 Å². The van der Waals surface area contributed by atoms with E-state index in [2.05, 4.69) is 10.6 Å². The molecule has 2 N–H and O–H groups in total. The lowest BCUT2D eigenvalue weighted by Gasteiger charge is -2.19. The standard InChI is InChI=1S/C24H28N2O4/c1-4-30-22(28)15-12-18-10-13-20(14-11-18)25-24(29)23(19-8-6-5-7-9-19)26-21(27)16-17(2)3/h5-15,17,23H,4,16H2,1-3H3,(H,25,29)(H,26,27)/b15-12+. The van der Waals surface area contributed by atoms with Crippen LogP contribution in [0.2, 0.25) is 0 Å². The maximum Gasteiger partial charge on any atom is 0.330 e. The highest BCUT2D eigenvalue weighted by Gasteiger charge is 2.23. The van der Waals surface area contributed by atoms with Gasteiger partial charge < -0.3 is 15.4 Å². The first kappa shape index (κ1) is 22.9. The van der Waals surface area contributed by atoms with Crippen molar-refractivity contribution in [1.29, 1.82) is 0 Å². The van der Waals surface area contributed by atoms with Gasteiger partial charge in [0.15, 0.2) is 0 Å². The minimum absolute atomic E-state index is 0.173. The Bertz CT molecular complexity index is 874. The molecule has 0 aliphatic heterocycles. The highest BCUT2D eigenvalue weighted by Crippen LogP contribution is 2.18. The van der Waals surface area contributed by atoms with E-state index in [0.29, 0.717) is 24.3 Å². The molecule has 2 rings (SSSR count). The number of hydrogen-bond acceptors (Lipinski definition) is 4. The number of benzene rings is 2. The van der Waals surface area contributed by atoms with E-state index >= 15 is 0 Å². The molecule has 0 spiro atoms. The van der Waals surface area contributed by atoms with Crippen molar-refractivity contribution in [3.63, 3.8) is 0 Å². The Hall–Kier alpha value is -3.41. The average Bonchev–Trinajstić information content (AvgIpc) is 2.72. The maximum atomic E-state index is 12.9. The third kappa shape index (κ3) is 7.54.